The largest absolute Gasteiger partial charge is 0.508 e. The second kappa shape index (κ2) is 3.76. The average Bonchev–Trinajstić information content (AvgIpc) is 2.03. The molecule has 0 fully saturated rings. The van der Waals surface area contributed by atoms with Crippen molar-refractivity contribution >= 4 is 5.91 Å². The Hall–Kier alpha value is -1.51. The van der Waals surface area contributed by atoms with Gasteiger partial charge >= 0.3 is 0 Å². The summed E-state index contributed by atoms with van der Waals surface area (Å²) in [5.74, 6) is 0.00861. The van der Waals surface area contributed by atoms with E-state index in [2.05, 4.69) is 0 Å². The van der Waals surface area contributed by atoms with Crippen molar-refractivity contribution in [1.29, 1.82) is 0 Å². The number of aliphatic hydroxyl groups is 1. The van der Waals surface area contributed by atoms with Gasteiger partial charge in [0.25, 0.3) is 0 Å². The summed E-state index contributed by atoms with van der Waals surface area (Å²) in [5, 5.41) is 8.96. The molecule has 0 saturated carbocycles. The van der Waals surface area contributed by atoms with Crippen LogP contribution >= 0.6 is 0 Å². The van der Waals surface area contributed by atoms with E-state index in [0.29, 0.717) is 6.42 Å². The van der Waals surface area contributed by atoms with Gasteiger partial charge in [0.05, 0.1) is 0 Å². The molecule has 0 aromatic heterocycles. The van der Waals surface area contributed by atoms with Gasteiger partial charge in [-0.05, 0) is 30.6 Å². The summed E-state index contributed by atoms with van der Waals surface area (Å²) < 4.78 is 0. The molecule has 1 aliphatic carbocycles. The number of hydrogen-bond donors (Lipinski definition) is 2. The minimum absolute atomic E-state index is 0.174. The van der Waals surface area contributed by atoms with Gasteiger partial charge in [0.15, 0.2) is 0 Å². The van der Waals surface area contributed by atoms with Gasteiger partial charge in [-0.15, -0.1) is 0 Å². The predicted molar refractivity (Wildman–Crippen MR) is 46.3 cm³/mol. The highest BCUT2D eigenvalue weighted by atomic mass is 16.3. The molecule has 0 aliphatic heterocycles. The number of hydrogen-bond acceptors (Lipinski definition) is 2. The van der Waals surface area contributed by atoms with Crippen LogP contribution in [-0.2, 0) is 4.79 Å². The SMILES string of the molecule is NC(=O)C=CC1C=CC(O)=CC1. The molecule has 1 rings (SSSR count). The lowest BCUT2D eigenvalue weighted by Crippen LogP contribution is -2.06. The molecule has 0 bridgehead atoms. The van der Waals surface area contributed by atoms with Gasteiger partial charge in [-0.3, -0.25) is 4.79 Å². The Morgan fingerprint density at radius 1 is 1.75 bits per heavy atom. The van der Waals surface area contributed by atoms with Gasteiger partial charge in [0, 0.05) is 0 Å². The first-order valence-electron chi connectivity index (χ1n) is 3.73. The van der Waals surface area contributed by atoms with Crippen LogP contribution < -0.4 is 5.73 Å². The summed E-state index contributed by atoms with van der Waals surface area (Å²) in [4.78, 5) is 10.4. The number of amides is 1. The standard InChI is InChI=1S/C9H11NO2/c10-9(12)6-3-7-1-4-8(11)5-2-7/h1,3-7,11H,2H2,(H2,10,12). The monoisotopic (exact) mass is 165 g/mol. The minimum atomic E-state index is -0.442. The number of aliphatic hydroxyl groups excluding tert-OH is 1. The van der Waals surface area contributed by atoms with Crippen molar-refractivity contribution in [1.82, 2.24) is 0 Å². The zero-order valence-corrected chi connectivity index (χ0v) is 6.60. The van der Waals surface area contributed by atoms with Gasteiger partial charge in [-0.1, -0.05) is 12.2 Å². The van der Waals surface area contributed by atoms with E-state index in [1.807, 2.05) is 6.08 Å². The summed E-state index contributed by atoms with van der Waals surface area (Å²) in [6.45, 7) is 0. The molecule has 1 amide bonds. The summed E-state index contributed by atoms with van der Waals surface area (Å²) in [6.07, 6.45) is 8.92. The zero-order chi connectivity index (χ0) is 8.97. The van der Waals surface area contributed by atoms with Crippen molar-refractivity contribution in [2.45, 2.75) is 6.42 Å². The molecule has 3 N–H and O–H groups in total. The summed E-state index contributed by atoms with van der Waals surface area (Å²) in [6, 6.07) is 0. The molecule has 12 heavy (non-hydrogen) atoms. The highest BCUT2D eigenvalue weighted by Gasteiger charge is 2.03. The van der Waals surface area contributed by atoms with Crippen molar-refractivity contribution in [2.75, 3.05) is 0 Å². The first kappa shape index (κ1) is 8.59. The Bertz CT molecular complexity index is 264. The maximum Gasteiger partial charge on any atom is 0.241 e. The van der Waals surface area contributed by atoms with E-state index in [4.69, 9.17) is 10.8 Å². The van der Waals surface area contributed by atoms with Crippen LogP contribution in [0.1, 0.15) is 6.42 Å². The fraction of sp³-hybridized carbons (Fsp3) is 0.222. The van der Waals surface area contributed by atoms with Crippen molar-refractivity contribution in [3.8, 4) is 0 Å². The maximum absolute atomic E-state index is 10.4. The lowest BCUT2D eigenvalue weighted by molar-refractivity contribution is -0.113. The van der Waals surface area contributed by atoms with E-state index in [9.17, 15) is 4.79 Å². The first-order chi connectivity index (χ1) is 5.68. The Kier molecular flexibility index (Phi) is 2.69. The molecule has 64 valence electrons. The molecule has 3 nitrogen and oxygen atoms in total. The Balaban J connectivity index is 2.49. The quantitative estimate of drug-likeness (QED) is 0.600. The lowest BCUT2D eigenvalue weighted by atomic mass is 10.00. The second-order valence-corrected chi connectivity index (χ2v) is 2.65. The highest BCUT2D eigenvalue weighted by molar-refractivity contribution is 5.85. The maximum atomic E-state index is 10.4. The summed E-state index contributed by atoms with van der Waals surface area (Å²) in [5.41, 5.74) is 4.92. The molecule has 1 aliphatic rings. The Morgan fingerprint density at radius 3 is 3.00 bits per heavy atom. The van der Waals surface area contributed by atoms with E-state index in [1.165, 1.54) is 6.08 Å². The van der Waals surface area contributed by atoms with E-state index in [-0.39, 0.29) is 11.7 Å². The number of carbonyl (C=O) groups is 1. The van der Waals surface area contributed by atoms with E-state index in [1.54, 1.807) is 18.2 Å². The molecule has 3 heteroatoms. The number of rotatable bonds is 2. The van der Waals surface area contributed by atoms with Crippen molar-refractivity contribution in [3.05, 3.63) is 36.1 Å². The smallest absolute Gasteiger partial charge is 0.241 e. The number of carbonyl (C=O) groups excluding carboxylic acids is 1. The molecule has 1 atom stereocenters. The van der Waals surface area contributed by atoms with Crippen LogP contribution in [-0.4, -0.2) is 11.0 Å². The third-order valence-electron chi connectivity index (χ3n) is 1.62. The van der Waals surface area contributed by atoms with Crippen LogP contribution in [0.4, 0.5) is 0 Å². The second-order valence-electron chi connectivity index (χ2n) is 2.65. The van der Waals surface area contributed by atoms with Crippen molar-refractivity contribution in [3.63, 3.8) is 0 Å². The van der Waals surface area contributed by atoms with Gasteiger partial charge in [-0.25, -0.2) is 0 Å². The molecular formula is C9H11NO2. The Labute approximate surface area is 70.9 Å². The number of allylic oxidation sites excluding steroid dienone is 4. The topological polar surface area (TPSA) is 63.3 Å². The molecule has 1 unspecified atom stereocenters. The molecule has 0 aromatic rings. The molecule has 0 radical (unpaired) electrons. The van der Waals surface area contributed by atoms with Crippen molar-refractivity contribution < 1.29 is 9.90 Å². The predicted octanol–water partition coefficient (Wildman–Crippen LogP) is 1.05. The third-order valence-corrected chi connectivity index (χ3v) is 1.62. The van der Waals surface area contributed by atoms with Crippen LogP contribution in [0.15, 0.2) is 36.1 Å². The van der Waals surface area contributed by atoms with Crippen molar-refractivity contribution in [2.24, 2.45) is 11.7 Å². The van der Waals surface area contributed by atoms with E-state index in [0.717, 1.165) is 0 Å². The molecule has 0 heterocycles. The van der Waals surface area contributed by atoms with E-state index >= 15 is 0 Å². The minimum Gasteiger partial charge on any atom is -0.508 e. The molecule has 0 saturated heterocycles. The average molecular weight is 165 g/mol. The molecule has 0 spiro atoms. The number of primary amides is 1. The van der Waals surface area contributed by atoms with Crippen LogP contribution in [0.3, 0.4) is 0 Å². The Morgan fingerprint density at radius 2 is 2.50 bits per heavy atom. The third kappa shape index (κ3) is 2.62. The zero-order valence-electron chi connectivity index (χ0n) is 6.60. The van der Waals surface area contributed by atoms with Crippen LogP contribution in [0.2, 0.25) is 0 Å². The van der Waals surface area contributed by atoms with E-state index < -0.39 is 5.91 Å². The fourth-order valence-electron chi connectivity index (χ4n) is 0.987. The van der Waals surface area contributed by atoms with Gasteiger partial charge in [-0.2, -0.15) is 0 Å². The summed E-state index contributed by atoms with van der Waals surface area (Å²) in [7, 11) is 0. The lowest BCUT2D eigenvalue weighted by Gasteiger charge is -2.08. The highest BCUT2D eigenvalue weighted by Crippen LogP contribution is 2.15. The van der Waals surface area contributed by atoms with Gasteiger partial charge < -0.3 is 10.8 Å². The van der Waals surface area contributed by atoms with Crippen LogP contribution in [0, 0.1) is 5.92 Å². The molecule has 0 aromatic carbocycles. The van der Waals surface area contributed by atoms with Crippen LogP contribution in [0.25, 0.3) is 0 Å². The normalized spacial score (nSPS) is 22.7. The van der Waals surface area contributed by atoms with Gasteiger partial charge in [0.1, 0.15) is 5.76 Å². The fourth-order valence-corrected chi connectivity index (χ4v) is 0.987. The van der Waals surface area contributed by atoms with Gasteiger partial charge in [0.2, 0.25) is 5.91 Å². The summed E-state index contributed by atoms with van der Waals surface area (Å²) >= 11 is 0. The molecular weight excluding hydrogens is 154 g/mol. The number of nitrogens with two attached hydrogens (primary N) is 1. The first-order valence-corrected chi connectivity index (χ1v) is 3.73. The van der Waals surface area contributed by atoms with Crippen LogP contribution in [0.5, 0.6) is 0 Å².